The molecule has 1 heterocycles. The summed E-state index contributed by atoms with van der Waals surface area (Å²) >= 11 is 0. The Kier molecular flexibility index (Phi) is 6.02. The van der Waals surface area contributed by atoms with Gasteiger partial charge in [-0.15, -0.1) is 0 Å². The highest BCUT2D eigenvalue weighted by Crippen LogP contribution is 2.33. The Labute approximate surface area is 197 Å². The maximum atomic E-state index is 12.0. The van der Waals surface area contributed by atoms with E-state index in [2.05, 4.69) is 24.3 Å². The minimum Gasteiger partial charge on any atom is -0.489 e. The van der Waals surface area contributed by atoms with Crippen LogP contribution >= 0.6 is 0 Å². The third-order valence-electron chi connectivity index (χ3n) is 5.97. The molecule has 0 aliphatic carbocycles. The van der Waals surface area contributed by atoms with Gasteiger partial charge < -0.3 is 19.6 Å². The number of ether oxygens (including phenoxy) is 2. The molecule has 170 valence electrons. The van der Waals surface area contributed by atoms with Crippen molar-refractivity contribution in [2.75, 3.05) is 7.11 Å². The number of carbonyl (C=O) groups excluding carboxylic acids is 1. The monoisotopic (exact) mass is 451 g/mol. The summed E-state index contributed by atoms with van der Waals surface area (Å²) in [7, 11) is 1.39. The van der Waals surface area contributed by atoms with Crippen molar-refractivity contribution >= 4 is 27.7 Å². The minimum atomic E-state index is -0.304. The zero-order valence-electron chi connectivity index (χ0n) is 18.9. The third kappa shape index (κ3) is 4.38. The Morgan fingerprint density at radius 3 is 2.50 bits per heavy atom. The van der Waals surface area contributed by atoms with Crippen LogP contribution in [-0.2, 0) is 29.1 Å². The van der Waals surface area contributed by atoms with E-state index in [1.54, 1.807) is 6.26 Å². The van der Waals surface area contributed by atoms with Crippen molar-refractivity contribution < 1.29 is 18.7 Å². The zero-order valence-corrected chi connectivity index (χ0v) is 18.9. The highest BCUT2D eigenvalue weighted by molar-refractivity contribution is 5.93. The molecule has 4 aromatic carbocycles. The van der Waals surface area contributed by atoms with Crippen LogP contribution in [0.15, 0.2) is 89.5 Å². The molecule has 0 radical (unpaired) electrons. The molecule has 5 rings (SSSR count). The molecule has 0 spiro atoms. The van der Waals surface area contributed by atoms with Crippen molar-refractivity contribution in [3.8, 4) is 16.9 Å². The van der Waals surface area contributed by atoms with E-state index in [-0.39, 0.29) is 12.4 Å². The first-order chi connectivity index (χ1) is 16.6. The van der Waals surface area contributed by atoms with E-state index in [0.717, 1.165) is 49.6 Å². The van der Waals surface area contributed by atoms with Gasteiger partial charge in [0.05, 0.1) is 19.8 Å². The number of carbonyl (C=O) groups is 1. The molecule has 5 aromatic rings. The summed E-state index contributed by atoms with van der Waals surface area (Å²) in [5.74, 6) is 0.366. The number of furan rings is 1. The van der Waals surface area contributed by atoms with E-state index >= 15 is 0 Å². The second kappa shape index (κ2) is 9.41. The lowest BCUT2D eigenvalue weighted by Gasteiger charge is -2.14. The summed E-state index contributed by atoms with van der Waals surface area (Å²) in [4.78, 5) is 12.0. The molecular weight excluding hydrogens is 426 g/mol. The molecule has 5 nitrogen and oxygen atoms in total. The summed E-state index contributed by atoms with van der Waals surface area (Å²) in [5.41, 5.74) is 11.6. The van der Waals surface area contributed by atoms with Crippen molar-refractivity contribution in [2.45, 2.75) is 19.6 Å². The molecule has 2 N–H and O–H groups in total. The van der Waals surface area contributed by atoms with Crippen molar-refractivity contribution in [1.29, 1.82) is 0 Å². The van der Waals surface area contributed by atoms with Gasteiger partial charge >= 0.3 is 5.97 Å². The van der Waals surface area contributed by atoms with Crippen LogP contribution in [-0.4, -0.2) is 13.1 Å². The van der Waals surface area contributed by atoms with Crippen LogP contribution in [0.5, 0.6) is 5.75 Å². The molecule has 5 heteroatoms. The molecular formula is C29H25NO4. The Morgan fingerprint density at radius 1 is 0.882 bits per heavy atom. The standard InChI is InChI=1S/C29H25NO4/c1-32-28(31)16-25-14-21-6-2-3-7-22(21)15-27(25)34-18-20-12-24-9-10-33-29(24)26(13-20)23-8-4-5-19(11-23)17-30/h2-15H,16-18,30H2,1H3. The lowest BCUT2D eigenvalue weighted by Crippen LogP contribution is -2.07. The summed E-state index contributed by atoms with van der Waals surface area (Å²) in [5, 5.41) is 3.11. The van der Waals surface area contributed by atoms with Crippen molar-refractivity contribution in [1.82, 2.24) is 0 Å². The summed E-state index contributed by atoms with van der Waals surface area (Å²) in [6.07, 6.45) is 1.85. The lowest BCUT2D eigenvalue weighted by molar-refractivity contribution is -0.139. The van der Waals surface area contributed by atoms with Crippen LogP contribution in [0.3, 0.4) is 0 Å². The topological polar surface area (TPSA) is 74.7 Å². The zero-order chi connectivity index (χ0) is 23.5. The first-order valence-electron chi connectivity index (χ1n) is 11.2. The number of benzene rings is 4. The fraction of sp³-hybridized carbons (Fsp3) is 0.138. The number of fused-ring (bicyclic) bond motifs is 2. The molecule has 0 saturated heterocycles. The van der Waals surface area contributed by atoms with E-state index in [4.69, 9.17) is 19.6 Å². The maximum Gasteiger partial charge on any atom is 0.310 e. The summed E-state index contributed by atoms with van der Waals surface area (Å²) < 4.78 is 17.0. The fourth-order valence-corrected chi connectivity index (χ4v) is 4.24. The number of hydrogen-bond donors (Lipinski definition) is 1. The number of rotatable bonds is 7. The number of nitrogens with two attached hydrogens (primary N) is 1. The van der Waals surface area contributed by atoms with Gasteiger partial charge in [0.1, 0.15) is 17.9 Å². The van der Waals surface area contributed by atoms with Crippen LogP contribution in [0.4, 0.5) is 0 Å². The molecule has 34 heavy (non-hydrogen) atoms. The molecule has 0 aliphatic heterocycles. The van der Waals surface area contributed by atoms with Crippen LogP contribution in [0.2, 0.25) is 0 Å². The lowest BCUT2D eigenvalue weighted by atomic mass is 9.99. The second-order valence-electron chi connectivity index (χ2n) is 8.24. The van der Waals surface area contributed by atoms with Crippen LogP contribution < -0.4 is 10.5 Å². The molecule has 0 unspecified atom stereocenters. The second-order valence-corrected chi connectivity index (χ2v) is 8.24. The van der Waals surface area contributed by atoms with Gasteiger partial charge in [0.25, 0.3) is 0 Å². The number of esters is 1. The van der Waals surface area contributed by atoms with Gasteiger partial charge in [-0.05, 0) is 63.9 Å². The first-order valence-corrected chi connectivity index (χ1v) is 11.2. The molecule has 0 bridgehead atoms. The highest BCUT2D eigenvalue weighted by atomic mass is 16.5. The van der Waals surface area contributed by atoms with Gasteiger partial charge in [-0.3, -0.25) is 4.79 Å². The van der Waals surface area contributed by atoms with Gasteiger partial charge in [0, 0.05) is 23.1 Å². The van der Waals surface area contributed by atoms with Gasteiger partial charge in [0.15, 0.2) is 0 Å². The highest BCUT2D eigenvalue weighted by Gasteiger charge is 2.14. The molecule has 0 aliphatic rings. The molecule has 0 amide bonds. The molecule has 0 fully saturated rings. The normalized spacial score (nSPS) is 11.1. The summed E-state index contributed by atoms with van der Waals surface area (Å²) in [6.45, 7) is 0.820. The van der Waals surface area contributed by atoms with Crippen LogP contribution in [0.1, 0.15) is 16.7 Å². The predicted octanol–water partition coefficient (Wildman–Crippen LogP) is 6.01. The summed E-state index contributed by atoms with van der Waals surface area (Å²) in [6, 6.07) is 26.2. The SMILES string of the molecule is COC(=O)Cc1cc2ccccc2cc1OCc1cc(-c2cccc(CN)c2)c2occc2c1. The molecule has 1 aromatic heterocycles. The number of methoxy groups -OCH3 is 1. The van der Waals surface area contributed by atoms with Gasteiger partial charge in [-0.1, -0.05) is 42.5 Å². The van der Waals surface area contributed by atoms with E-state index in [9.17, 15) is 4.79 Å². The first kappa shape index (κ1) is 21.7. The Hall–Kier alpha value is -4.09. The smallest absolute Gasteiger partial charge is 0.310 e. The molecule has 0 atom stereocenters. The Bertz CT molecular complexity index is 1480. The third-order valence-corrected chi connectivity index (χ3v) is 5.97. The van der Waals surface area contributed by atoms with E-state index < -0.39 is 0 Å². The fourth-order valence-electron chi connectivity index (χ4n) is 4.24. The Morgan fingerprint density at radius 2 is 1.71 bits per heavy atom. The average Bonchev–Trinajstić information content (AvgIpc) is 3.35. The van der Waals surface area contributed by atoms with Crippen molar-refractivity contribution in [2.24, 2.45) is 5.73 Å². The van der Waals surface area contributed by atoms with Crippen molar-refractivity contribution in [3.05, 3.63) is 102 Å². The van der Waals surface area contributed by atoms with Gasteiger partial charge in [-0.25, -0.2) is 0 Å². The van der Waals surface area contributed by atoms with Crippen LogP contribution in [0, 0.1) is 0 Å². The maximum absolute atomic E-state index is 12.0. The quantitative estimate of drug-likeness (QED) is 0.307. The van der Waals surface area contributed by atoms with Crippen LogP contribution in [0.25, 0.3) is 32.9 Å². The molecule has 0 saturated carbocycles. The average molecular weight is 452 g/mol. The Balaban J connectivity index is 1.50. The number of hydrogen-bond acceptors (Lipinski definition) is 5. The van der Waals surface area contributed by atoms with E-state index in [1.165, 1.54) is 7.11 Å². The van der Waals surface area contributed by atoms with E-state index in [1.807, 2.05) is 54.6 Å². The minimum absolute atomic E-state index is 0.147. The van der Waals surface area contributed by atoms with E-state index in [0.29, 0.717) is 18.9 Å². The predicted molar refractivity (Wildman–Crippen MR) is 134 cm³/mol. The van der Waals surface area contributed by atoms with Gasteiger partial charge in [0.2, 0.25) is 0 Å². The van der Waals surface area contributed by atoms with Crippen molar-refractivity contribution in [3.63, 3.8) is 0 Å². The largest absolute Gasteiger partial charge is 0.489 e. The van der Waals surface area contributed by atoms with Gasteiger partial charge in [-0.2, -0.15) is 0 Å².